The molecule has 4 heteroatoms. The molecule has 0 atom stereocenters. The van der Waals surface area contributed by atoms with Gasteiger partial charge in [-0.25, -0.2) is 4.39 Å². The first kappa shape index (κ1) is 16.4. The molecular weight excluding hydrogens is 283 g/mol. The van der Waals surface area contributed by atoms with Crippen molar-refractivity contribution >= 4 is 17.2 Å². The lowest BCUT2D eigenvalue weighted by atomic mass is 9.75. The minimum atomic E-state index is -0.182. The fraction of sp³-hybridized carbons (Fsp3) is 0.588. The summed E-state index contributed by atoms with van der Waals surface area (Å²) in [4.78, 5) is 2.58. The topological polar surface area (TPSA) is 29.3 Å². The van der Waals surface area contributed by atoms with Gasteiger partial charge in [0.05, 0.1) is 0 Å². The van der Waals surface area contributed by atoms with Crippen molar-refractivity contribution in [1.29, 1.82) is 0 Å². The van der Waals surface area contributed by atoms with E-state index in [1.165, 1.54) is 31.7 Å². The Bertz CT molecular complexity index is 518. The molecule has 1 saturated carbocycles. The Morgan fingerprint density at radius 3 is 2.57 bits per heavy atom. The van der Waals surface area contributed by atoms with Crippen molar-refractivity contribution in [3.8, 4) is 0 Å². The maximum atomic E-state index is 14.0. The van der Waals surface area contributed by atoms with Crippen LogP contribution in [0.3, 0.4) is 0 Å². The molecule has 116 valence electrons. The first-order chi connectivity index (χ1) is 9.78. The summed E-state index contributed by atoms with van der Waals surface area (Å²) in [6.07, 6.45) is 4.83. The normalized spacial score (nSPS) is 18.9. The van der Waals surface area contributed by atoms with Crippen molar-refractivity contribution in [3.63, 3.8) is 0 Å². The lowest BCUT2D eigenvalue weighted by molar-refractivity contribution is 0.122. The molecule has 2 nitrogen and oxygen atoms in total. The van der Waals surface area contributed by atoms with Crippen LogP contribution in [-0.2, 0) is 6.54 Å². The smallest absolute Gasteiger partial charge is 0.127 e. The molecule has 0 unspecified atom stereocenters. The highest BCUT2D eigenvalue weighted by Crippen LogP contribution is 2.36. The van der Waals surface area contributed by atoms with E-state index in [0.29, 0.717) is 28.6 Å². The van der Waals surface area contributed by atoms with E-state index < -0.39 is 0 Å². The first-order valence-electron chi connectivity index (χ1n) is 7.57. The third kappa shape index (κ3) is 4.24. The van der Waals surface area contributed by atoms with Crippen molar-refractivity contribution < 1.29 is 4.39 Å². The zero-order valence-corrected chi connectivity index (χ0v) is 14.0. The number of benzene rings is 1. The molecule has 2 rings (SSSR count). The van der Waals surface area contributed by atoms with Crippen LogP contribution in [0.5, 0.6) is 0 Å². The Hall–Kier alpha value is -1.00. The number of hydrogen-bond donors (Lipinski definition) is 1. The fourth-order valence-corrected chi connectivity index (χ4v) is 3.20. The molecule has 1 aromatic carbocycles. The number of hydrogen-bond acceptors (Lipinski definition) is 2. The Labute approximate surface area is 132 Å². The van der Waals surface area contributed by atoms with E-state index in [1.807, 2.05) is 0 Å². The summed E-state index contributed by atoms with van der Waals surface area (Å²) in [5, 5.41) is 0. The van der Waals surface area contributed by atoms with Gasteiger partial charge in [0.15, 0.2) is 0 Å². The van der Waals surface area contributed by atoms with Crippen LogP contribution in [0.15, 0.2) is 18.2 Å². The van der Waals surface area contributed by atoms with Crippen molar-refractivity contribution in [3.05, 3.63) is 35.1 Å². The molecule has 2 N–H and O–H groups in total. The van der Waals surface area contributed by atoms with Crippen LogP contribution in [0, 0.1) is 11.2 Å². The van der Waals surface area contributed by atoms with Crippen LogP contribution in [-0.4, -0.2) is 23.0 Å². The van der Waals surface area contributed by atoms with Gasteiger partial charge in [-0.05, 0) is 56.3 Å². The lowest BCUT2D eigenvalue weighted by Crippen LogP contribution is -2.37. The minimum Gasteiger partial charge on any atom is -0.389 e. The summed E-state index contributed by atoms with van der Waals surface area (Å²) in [5.74, 6) is -0.182. The number of nitrogens with two attached hydrogens (primary N) is 1. The Kier molecular flexibility index (Phi) is 4.99. The summed E-state index contributed by atoms with van der Waals surface area (Å²) in [6.45, 7) is 5.26. The molecule has 1 aromatic rings. The predicted molar refractivity (Wildman–Crippen MR) is 89.8 cm³/mol. The second-order valence-electron chi connectivity index (χ2n) is 6.98. The maximum Gasteiger partial charge on any atom is 0.127 e. The molecule has 0 aliphatic heterocycles. The van der Waals surface area contributed by atoms with Gasteiger partial charge in [0, 0.05) is 23.7 Å². The van der Waals surface area contributed by atoms with Gasteiger partial charge < -0.3 is 5.73 Å². The molecule has 21 heavy (non-hydrogen) atoms. The fourth-order valence-electron chi connectivity index (χ4n) is 3.07. The van der Waals surface area contributed by atoms with E-state index in [4.69, 9.17) is 18.0 Å². The molecule has 0 spiro atoms. The van der Waals surface area contributed by atoms with E-state index in [2.05, 4.69) is 25.8 Å². The molecule has 0 bridgehead atoms. The largest absolute Gasteiger partial charge is 0.389 e. The summed E-state index contributed by atoms with van der Waals surface area (Å²) >= 11 is 4.97. The van der Waals surface area contributed by atoms with Gasteiger partial charge in [0.25, 0.3) is 0 Å². The van der Waals surface area contributed by atoms with Crippen molar-refractivity contribution in [2.45, 2.75) is 52.1 Å². The summed E-state index contributed by atoms with van der Waals surface area (Å²) < 4.78 is 14.0. The average Bonchev–Trinajstić information content (AvgIpc) is 2.40. The standard InChI is InChI=1S/C17H25FN2S/c1-17(2)8-6-14(7-9-17)20(3)11-13-10-12(16(19)21)4-5-15(13)18/h4-5,10,14H,6-9,11H2,1-3H3,(H2,19,21). The molecule has 1 aliphatic carbocycles. The summed E-state index contributed by atoms with van der Waals surface area (Å²) in [6, 6.07) is 5.42. The number of halogens is 1. The first-order valence-corrected chi connectivity index (χ1v) is 7.98. The summed E-state index contributed by atoms with van der Waals surface area (Å²) in [5.41, 5.74) is 7.49. The van der Waals surface area contributed by atoms with Crippen LogP contribution >= 0.6 is 12.2 Å². The lowest BCUT2D eigenvalue weighted by Gasteiger charge is -2.38. The van der Waals surface area contributed by atoms with Crippen molar-refractivity contribution in [2.24, 2.45) is 11.1 Å². The van der Waals surface area contributed by atoms with Gasteiger partial charge in [-0.1, -0.05) is 26.1 Å². The second-order valence-corrected chi connectivity index (χ2v) is 7.42. The highest BCUT2D eigenvalue weighted by molar-refractivity contribution is 7.80. The minimum absolute atomic E-state index is 0.182. The molecule has 0 amide bonds. The van der Waals surface area contributed by atoms with E-state index in [-0.39, 0.29) is 5.82 Å². The van der Waals surface area contributed by atoms with E-state index in [9.17, 15) is 4.39 Å². The molecule has 0 radical (unpaired) electrons. The highest BCUT2D eigenvalue weighted by Gasteiger charge is 2.28. The van der Waals surface area contributed by atoms with Crippen LogP contribution < -0.4 is 5.73 Å². The van der Waals surface area contributed by atoms with Gasteiger partial charge >= 0.3 is 0 Å². The van der Waals surface area contributed by atoms with Crippen LogP contribution in [0.1, 0.15) is 50.7 Å². The van der Waals surface area contributed by atoms with Crippen molar-refractivity contribution in [1.82, 2.24) is 4.90 Å². The SMILES string of the molecule is CN(Cc1cc(C(N)=S)ccc1F)C1CCC(C)(C)CC1. The summed E-state index contributed by atoms with van der Waals surface area (Å²) in [7, 11) is 2.08. The van der Waals surface area contributed by atoms with E-state index in [1.54, 1.807) is 12.1 Å². The quantitative estimate of drug-likeness (QED) is 0.856. The molecule has 0 saturated heterocycles. The number of thiocarbonyl (C=S) groups is 1. The average molecular weight is 308 g/mol. The van der Waals surface area contributed by atoms with Crippen LogP contribution in [0.4, 0.5) is 4.39 Å². The maximum absolute atomic E-state index is 14.0. The zero-order chi connectivity index (χ0) is 15.6. The number of nitrogens with zero attached hydrogens (tertiary/aromatic N) is 1. The van der Waals surface area contributed by atoms with Gasteiger partial charge in [-0.15, -0.1) is 0 Å². The van der Waals surface area contributed by atoms with E-state index >= 15 is 0 Å². The Balaban J connectivity index is 2.04. The number of rotatable bonds is 4. The van der Waals surface area contributed by atoms with Gasteiger partial charge in [-0.3, -0.25) is 4.90 Å². The van der Waals surface area contributed by atoms with E-state index in [0.717, 1.165) is 5.56 Å². The molecular formula is C17H25FN2S. The Morgan fingerprint density at radius 2 is 2.00 bits per heavy atom. The van der Waals surface area contributed by atoms with Crippen molar-refractivity contribution in [2.75, 3.05) is 7.05 Å². The van der Waals surface area contributed by atoms with Gasteiger partial charge in [0.1, 0.15) is 10.8 Å². The molecule has 1 fully saturated rings. The molecule has 0 heterocycles. The third-order valence-corrected chi connectivity index (χ3v) is 4.92. The van der Waals surface area contributed by atoms with Gasteiger partial charge in [-0.2, -0.15) is 0 Å². The highest BCUT2D eigenvalue weighted by atomic mass is 32.1. The third-order valence-electron chi connectivity index (χ3n) is 4.68. The van der Waals surface area contributed by atoms with Gasteiger partial charge in [0.2, 0.25) is 0 Å². The van der Waals surface area contributed by atoms with Crippen LogP contribution in [0.2, 0.25) is 0 Å². The second kappa shape index (κ2) is 6.41. The predicted octanol–water partition coefficient (Wildman–Crippen LogP) is 3.86. The Morgan fingerprint density at radius 1 is 1.38 bits per heavy atom. The molecule has 0 aromatic heterocycles. The molecule has 1 aliphatic rings. The zero-order valence-electron chi connectivity index (χ0n) is 13.2. The van der Waals surface area contributed by atoms with Crippen LogP contribution in [0.25, 0.3) is 0 Å². The monoisotopic (exact) mass is 308 g/mol.